The lowest BCUT2D eigenvalue weighted by Gasteiger charge is -2.41. The second-order valence-corrected chi connectivity index (χ2v) is 11.2. The van der Waals surface area contributed by atoms with Crippen LogP contribution < -0.4 is 0 Å². The molecule has 0 spiro atoms. The largest absolute Gasteiger partial charge is 0.0654 e. The molecule has 0 radical (unpaired) electrons. The number of unbranched alkanes of at least 4 members (excludes halogenated alkanes) is 4. The average Bonchev–Trinajstić information content (AvgIpc) is 2.75. The molecule has 0 unspecified atom stereocenters. The van der Waals surface area contributed by atoms with Crippen molar-refractivity contribution in [3.63, 3.8) is 0 Å². The van der Waals surface area contributed by atoms with E-state index in [1.807, 2.05) is 0 Å². The van der Waals surface area contributed by atoms with Gasteiger partial charge in [-0.25, -0.2) is 0 Å². The fraction of sp³-hybridized carbons (Fsp3) is 1.00. The maximum Gasteiger partial charge on any atom is -0.0383 e. The van der Waals surface area contributed by atoms with Crippen molar-refractivity contribution < 1.29 is 0 Å². The van der Waals surface area contributed by atoms with E-state index in [0.717, 1.165) is 35.5 Å². The minimum absolute atomic E-state index is 1.08. The summed E-state index contributed by atoms with van der Waals surface area (Å²) in [4.78, 5) is 0. The van der Waals surface area contributed by atoms with Crippen LogP contribution in [-0.2, 0) is 0 Å². The van der Waals surface area contributed by atoms with Crippen LogP contribution in [0.15, 0.2) is 0 Å². The Kier molecular flexibility index (Phi) is 10.2. The van der Waals surface area contributed by atoms with Crippen LogP contribution in [0.1, 0.15) is 142 Å². The smallest absolute Gasteiger partial charge is 0.0383 e. The van der Waals surface area contributed by atoms with Gasteiger partial charge in [-0.05, 0) is 80.5 Å². The first-order valence-electron chi connectivity index (χ1n) is 13.8. The molecular weight excluding hydrogens is 336 g/mol. The quantitative estimate of drug-likeness (QED) is 0.327. The van der Waals surface area contributed by atoms with Crippen molar-refractivity contribution in [3.05, 3.63) is 0 Å². The molecule has 3 fully saturated rings. The Morgan fingerprint density at radius 2 is 1.07 bits per heavy atom. The Balaban J connectivity index is 1.30. The molecule has 0 nitrogen and oxygen atoms in total. The molecule has 0 aromatic carbocycles. The van der Waals surface area contributed by atoms with E-state index in [9.17, 15) is 0 Å². The van der Waals surface area contributed by atoms with E-state index in [4.69, 9.17) is 0 Å². The zero-order valence-corrected chi connectivity index (χ0v) is 19.6. The molecule has 28 heavy (non-hydrogen) atoms. The second kappa shape index (κ2) is 12.6. The summed E-state index contributed by atoms with van der Waals surface area (Å²) in [7, 11) is 0. The van der Waals surface area contributed by atoms with Crippen LogP contribution in [0, 0.1) is 35.5 Å². The van der Waals surface area contributed by atoms with E-state index >= 15 is 0 Å². The monoisotopic (exact) mass is 388 g/mol. The SMILES string of the molecule is CCCCCCCC1CCC(C2CCC([C@@H]3CCC[C@H](CCC)C3)CC2)CC1. The van der Waals surface area contributed by atoms with E-state index in [1.54, 1.807) is 77.0 Å². The second-order valence-electron chi connectivity index (χ2n) is 11.2. The lowest BCUT2D eigenvalue weighted by atomic mass is 9.64. The number of hydrogen-bond donors (Lipinski definition) is 0. The summed E-state index contributed by atoms with van der Waals surface area (Å²) in [5.41, 5.74) is 0. The Hall–Kier alpha value is 0. The Labute approximate surface area is 178 Å². The van der Waals surface area contributed by atoms with Gasteiger partial charge in [-0.1, -0.05) is 97.3 Å². The summed E-state index contributed by atoms with van der Waals surface area (Å²) < 4.78 is 0. The fourth-order valence-electron chi connectivity index (χ4n) is 7.50. The van der Waals surface area contributed by atoms with Gasteiger partial charge >= 0.3 is 0 Å². The number of hydrogen-bond acceptors (Lipinski definition) is 0. The molecule has 3 rings (SSSR count). The molecular formula is C28H52. The molecule has 0 saturated heterocycles. The van der Waals surface area contributed by atoms with Crippen molar-refractivity contribution in [1.29, 1.82) is 0 Å². The molecule has 2 atom stereocenters. The van der Waals surface area contributed by atoms with Crippen LogP contribution in [-0.4, -0.2) is 0 Å². The Bertz CT molecular complexity index is 381. The minimum Gasteiger partial charge on any atom is -0.0654 e. The van der Waals surface area contributed by atoms with Crippen molar-refractivity contribution >= 4 is 0 Å². The molecule has 3 aliphatic carbocycles. The Morgan fingerprint density at radius 1 is 0.464 bits per heavy atom. The van der Waals surface area contributed by atoms with Gasteiger partial charge in [-0.3, -0.25) is 0 Å². The summed E-state index contributed by atoms with van der Waals surface area (Å²) in [5, 5.41) is 0. The highest BCUT2D eigenvalue weighted by Gasteiger charge is 2.34. The summed E-state index contributed by atoms with van der Waals surface area (Å²) in [6.45, 7) is 4.71. The lowest BCUT2D eigenvalue weighted by Crippen LogP contribution is -2.30. The lowest BCUT2D eigenvalue weighted by molar-refractivity contribution is 0.0983. The first-order chi connectivity index (χ1) is 13.8. The molecule has 3 aliphatic rings. The van der Waals surface area contributed by atoms with Crippen LogP contribution in [0.2, 0.25) is 0 Å². The van der Waals surface area contributed by atoms with Gasteiger partial charge in [0, 0.05) is 0 Å². The summed E-state index contributed by atoms with van der Waals surface area (Å²) >= 11 is 0. The van der Waals surface area contributed by atoms with E-state index < -0.39 is 0 Å². The van der Waals surface area contributed by atoms with Gasteiger partial charge in [0.25, 0.3) is 0 Å². The summed E-state index contributed by atoms with van der Waals surface area (Å²) in [5.74, 6) is 6.60. The standard InChI is InChI=1S/C28H52/c1-3-5-6-7-8-11-23-14-16-25(17-15-23)26-18-20-27(21-19-26)28-13-9-12-24(22-28)10-4-2/h23-28H,3-22H2,1-2H3/t23?,24-,25?,26?,27?,28+/m0/s1. The normalized spacial score (nSPS) is 37.1. The van der Waals surface area contributed by atoms with E-state index in [0.29, 0.717) is 0 Å². The predicted molar refractivity (Wildman–Crippen MR) is 125 cm³/mol. The molecule has 0 heterocycles. The zero-order chi connectivity index (χ0) is 19.6. The fourth-order valence-corrected chi connectivity index (χ4v) is 7.50. The highest BCUT2D eigenvalue weighted by atomic mass is 14.4. The van der Waals surface area contributed by atoms with Gasteiger partial charge in [-0.2, -0.15) is 0 Å². The van der Waals surface area contributed by atoms with Crippen LogP contribution >= 0.6 is 0 Å². The predicted octanol–water partition coefficient (Wildman–Crippen LogP) is 9.57. The van der Waals surface area contributed by atoms with E-state index in [2.05, 4.69) is 13.8 Å². The molecule has 164 valence electrons. The summed E-state index contributed by atoms with van der Waals surface area (Å²) in [6, 6.07) is 0. The third kappa shape index (κ3) is 7.05. The maximum absolute atomic E-state index is 2.38. The van der Waals surface area contributed by atoms with E-state index in [-0.39, 0.29) is 0 Å². The molecule has 3 saturated carbocycles. The summed E-state index contributed by atoms with van der Waals surface area (Å²) in [6.07, 6.45) is 30.7. The van der Waals surface area contributed by atoms with Crippen LogP contribution in [0.5, 0.6) is 0 Å². The van der Waals surface area contributed by atoms with E-state index in [1.165, 1.54) is 51.4 Å². The molecule has 0 N–H and O–H groups in total. The third-order valence-corrected chi connectivity index (χ3v) is 9.28. The Morgan fingerprint density at radius 3 is 1.71 bits per heavy atom. The van der Waals surface area contributed by atoms with Crippen LogP contribution in [0.3, 0.4) is 0 Å². The van der Waals surface area contributed by atoms with Crippen LogP contribution in [0.4, 0.5) is 0 Å². The van der Waals surface area contributed by atoms with Crippen molar-refractivity contribution in [2.75, 3.05) is 0 Å². The van der Waals surface area contributed by atoms with Gasteiger partial charge in [0.15, 0.2) is 0 Å². The van der Waals surface area contributed by atoms with Gasteiger partial charge in [0.1, 0.15) is 0 Å². The minimum atomic E-state index is 1.08. The van der Waals surface area contributed by atoms with Gasteiger partial charge in [0.05, 0.1) is 0 Å². The first-order valence-corrected chi connectivity index (χ1v) is 13.8. The molecule has 0 bridgehead atoms. The van der Waals surface area contributed by atoms with Crippen molar-refractivity contribution in [3.8, 4) is 0 Å². The highest BCUT2D eigenvalue weighted by molar-refractivity contribution is 4.86. The van der Waals surface area contributed by atoms with Gasteiger partial charge < -0.3 is 0 Å². The highest BCUT2D eigenvalue weighted by Crippen LogP contribution is 2.46. The average molecular weight is 389 g/mol. The zero-order valence-electron chi connectivity index (χ0n) is 19.6. The van der Waals surface area contributed by atoms with Crippen molar-refractivity contribution in [2.45, 2.75) is 142 Å². The molecule has 0 aromatic heterocycles. The van der Waals surface area contributed by atoms with Gasteiger partial charge in [0.2, 0.25) is 0 Å². The molecule has 0 amide bonds. The topological polar surface area (TPSA) is 0 Å². The van der Waals surface area contributed by atoms with Crippen molar-refractivity contribution in [1.82, 2.24) is 0 Å². The number of rotatable bonds is 10. The van der Waals surface area contributed by atoms with Crippen molar-refractivity contribution in [2.24, 2.45) is 35.5 Å². The van der Waals surface area contributed by atoms with Gasteiger partial charge in [-0.15, -0.1) is 0 Å². The maximum atomic E-state index is 2.38. The molecule has 0 aromatic rings. The third-order valence-electron chi connectivity index (χ3n) is 9.28. The van der Waals surface area contributed by atoms with Crippen LogP contribution in [0.25, 0.3) is 0 Å². The molecule has 0 heteroatoms. The first kappa shape index (κ1) is 22.7. The molecule has 0 aliphatic heterocycles.